The molecular formula is C23H28O3S. The molecule has 0 saturated heterocycles. The van der Waals surface area contributed by atoms with Crippen LogP contribution in [0.2, 0.25) is 0 Å². The second-order valence-corrected chi connectivity index (χ2v) is 9.87. The maximum atomic E-state index is 11.5. The summed E-state index contributed by atoms with van der Waals surface area (Å²) in [5, 5.41) is 0. The summed E-state index contributed by atoms with van der Waals surface area (Å²) in [4.78, 5) is 0. The molecule has 3 rings (SSSR count). The molecule has 2 aromatic rings. The van der Waals surface area contributed by atoms with Crippen LogP contribution < -0.4 is 4.74 Å². The fraction of sp³-hybridized carbons (Fsp3) is 0.391. The lowest BCUT2D eigenvalue weighted by molar-refractivity contribution is 0.412. The minimum atomic E-state index is -2.93. The quantitative estimate of drug-likeness (QED) is 0.603. The molecule has 2 aromatic carbocycles. The molecule has 1 aliphatic carbocycles. The van der Waals surface area contributed by atoms with Gasteiger partial charge >= 0.3 is 0 Å². The lowest BCUT2D eigenvalue weighted by Gasteiger charge is -2.32. The zero-order valence-electron chi connectivity index (χ0n) is 16.1. The molecule has 3 nitrogen and oxygen atoms in total. The molecule has 0 amide bonds. The topological polar surface area (TPSA) is 43.4 Å². The summed E-state index contributed by atoms with van der Waals surface area (Å²) in [5.41, 5.74) is 3.53. The molecule has 1 fully saturated rings. The number of sulfone groups is 1. The van der Waals surface area contributed by atoms with Crippen molar-refractivity contribution in [1.82, 2.24) is 0 Å². The smallest absolute Gasteiger partial charge is 0.147 e. The Morgan fingerprint density at radius 1 is 1.11 bits per heavy atom. The Balaban J connectivity index is 1.73. The van der Waals surface area contributed by atoms with Crippen molar-refractivity contribution in [3.63, 3.8) is 0 Å². The molecule has 27 heavy (non-hydrogen) atoms. The van der Waals surface area contributed by atoms with Gasteiger partial charge in [0.1, 0.15) is 21.3 Å². The van der Waals surface area contributed by atoms with Crippen LogP contribution in [0.15, 0.2) is 60.7 Å². The number of aryl methyl sites for hydroxylation is 1. The minimum Gasteiger partial charge on any atom is -0.457 e. The van der Waals surface area contributed by atoms with E-state index in [1.165, 1.54) is 17.4 Å². The standard InChI is InChI=1S/C23H28O3S/c1-17-16-20(12-13-23(17)26-21-9-5-4-6-10-21)22-11-7-8-19(18(22)2)14-15-27(3,24)25/h4-6,9-10,12-13,16,19,22H,2,7-8,11,14-15H2,1,3H3. The van der Waals surface area contributed by atoms with Gasteiger partial charge < -0.3 is 4.74 Å². The number of rotatable bonds is 6. The van der Waals surface area contributed by atoms with E-state index in [9.17, 15) is 8.42 Å². The second kappa shape index (κ2) is 8.30. The van der Waals surface area contributed by atoms with E-state index in [1.54, 1.807) is 0 Å². The van der Waals surface area contributed by atoms with Gasteiger partial charge in [-0.1, -0.05) is 48.9 Å². The molecule has 0 aromatic heterocycles. The predicted octanol–water partition coefficient (Wildman–Crippen LogP) is 5.66. The number of hydrogen-bond donors (Lipinski definition) is 0. The van der Waals surface area contributed by atoms with E-state index in [-0.39, 0.29) is 5.75 Å². The third-order valence-corrected chi connectivity index (χ3v) is 6.40. The van der Waals surface area contributed by atoms with E-state index < -0.39 is 9.84 Å². The number of benzene rings is 2. The molecule has 0 spiro atoms. The Labute approximate surface area is 163 Å². The van der Waals surface area contributed by atoms with Crippen LogP contribution in [0, 0.1) is 12.8 Å². The highest BCUT2D eigenvalue weighted by Gasteiger charge is 2.28. The molecule has 1 saturated carbocycles. The Morgan fingerprint density at radius 2 is 1.85 bits per heavy atom. The zero-order chi connectivity index (χ0) is 19.4. The van der Waals surface area contributed by atoms with E-state index in [1.807, 2.05) is 36.4 Å². The van der Waals surface area contributed by atoms with E-state index in [0.29, 0.717) is 18.3 Å². The molecule has 0 radical (unpaired) electrons. The summed E-state index contributed by atoms with van der Waals surface area (Å²) in [6.07, 6.45) is 5.22. The Kier molecular flexibility index (Phi) is 6.05. The van der Waals surface area contributed by atoms with Gasteiger partial charge in [-0.3, -0.25) is 0 Å². The van der Waals surface area contributed by atoms with Gasteiger partial charge in [0.15, 0.2) is 0 Å². The first-order chi connectivity index (χ1) is 12.8. The molecule has 2 unspecified atom stereocenters. The molecule has 0 bridgehead atoms. The van der Waals surface area contributed by atoms with Gasteiger partial charge in [-0.05, 0) is 61.4 Å². The van der Waals surface area contributed by atoms with Crippen LogP contribution in [0.3, 0.4) is 0 Å². The first kappa shape index (κ1) is 19.7. The maximum absolute atomic E-state index is 11.5. The van der Waals surface area contributed by atoms with E-state index in [2.05, 4.69) is 25.6 Å². The summed E-state index contributed by atoms with van der Waals surface area (Å²) in [6, 6.07) is 16.1. The average Bonchev–Trinajstić information content (AvgIpc) is 2.63. The Morgan fingerprint density at radius 3 is 2.52 bits per heavy atom. The highest BCUT2D eigenvalue weighted by molar-refractivity contribution is 7.90. The van der Waals surface area contributed by atoms with Crippen molar-refractivity contribution < 1.29 is 13.2 Å². The first-order valence-corrected chi connectivity index (χ1v) is 11.6. The SMILES string of the molecule is C=C1C(CCS(C)(=O)=O)CCCC1c1ccc(Oc2ccccc2)c(C)c1. The number of hydrogen-bond acceptors (Lipinski definition) is 3. The second-order valence-electron chi connectivity index (χ2n) is 7.61. The number of ether oxygens (including phenoxy) is 1. The highest BCUT2D eigenvalue weighted by atomic mass is 32.2. The van der Waals surface area contributed by atoms with Crippen molar-refractivity contribution in [3.8, 4) is 11.5 Å². The van der Waals surface area contributed by atoms with E-state index in [0.717, 1.165) is 36.3 Å². The van der Waals surface area contributed by atoms with Crippen LogP contribution in [-0.4, -0.2) is 20.4 Å². The highest BCUT2D eigenvalue weighted by Crippen LogP contribution is 2.42. The molecule has 144 valence electrons. The largest absolute Gasteiger partial charge is 0.457 e. The lowest BCUT2D eigenvalue weighted by atomic mass is 9.73. The summed E-state index contributed by atoms with van der Waals surface area (Å²) in [6.45, 7) is 6.41. The van der Waals surface area contributed by atoms with Gasteiger partial charge in [-0.2, -0.15) is 0 Å². The van der Waals surface area contributed by atoms with Crippen molar-refractivity contribution >= 4 is 9.84 Å². The molecule has 4 heteroatoms. The van der Waals surface area contributed by atoms with Gasteiger partial charge in [0.25, 0.3) is 0 Å². The summed E-state index contributed by atoms with van der Waals surface area (Å²) >= 11 is 0. The average molecular weight is 385 g/mol. The van der Waals surface area contributed by atoms with Gasteiger partial charge in [0.2, 0.25) is 0 Å². The van der Waals surface area contributed by atoms with Crippen molar-refractivity contribution in [2.75, 3.05) is 12.0 Å². The molecule has 2 atom stereocenters. The molecule has 0 N–H and O–H groups in total. The van der Waals surface area contributed by atoms with Crippen molar-refractivity contribution in [1.29, 1.82) is 0 Å². The van der Waals surface area contributed by atoms with Crippen LogP contribution in [0.25, 0.3) is 0 Å². The van der Waals surface area contributed by atoms with Gasteiger partial charge in [0.05, 0.1) is 5.75 Å². The van der Waals surface area contributed by atoms with Crippen LogP contribution in [0.4, 0.5) is 0 Å². The maximum Gasteiger partial charge on any atom is 0.147 e. The van der Waals surface area contributed by atoms with Crippen LogP contribution in [0.5, 0.6) is 11.5 Å². The summed E-state index contributed by atoms with van der Waals surface area (Å²) < 4.78 is 29.0. The van der Waals surface area contributed by atoms with Gasteiger partial charge in [0, 0.05) is 12.2 Å². The molecule has 0 heterocycles. The summed E-state index contributed by atoms with van der Waals surface area (Å²) in [5.74, 6) is 2.52. The number of allylic oxidation sites excluding steroid dienone is 1. The first-order valence-electron chi connectivity index (χ1n) is 9.53. The van der Waals surface area contributed by atoms with Crippen LogP contribution in [-0.2, 0) is 9.84 Å². The van der Waals surface area contributed by atoms with Crippen molar-refractivity contribution in [2.45, 2.75) is 38.5 Å². The summed E-state index contributed by atoms with van der Waals surface area (Å²) in [7, 11) is -2.93. The predicted molar refractivity (Wildman–Crippen MR) is 111 cm³/mol. The fourth-order valence-corrected chi connectivity index (χ4v) is 4.62. The lowest BCUT2D eigenvalue weighted by Crippen LogP contribution is -2.20. The normalized spacial score (nSPS) is 20.4. The Hall–Kier alpha value is -2.07. The third kappa shape index (κ3) is 5.23. The molecular weight excluding hydrogens is 356 g/mol. The van der Waals surface area contributed by atoms with Crippen molar-refractivity contribution in [3.05, 3.63) is 71.8 Å². The molecule has 1 aliphatic rings. The van der Waals surface area contributed by atoms with E-state index in [4.69, 9.17) is 4.74 Å². The van der Waals surface area contributed by atoms with Crippen LogP contribution in [0.1, 0.15) is 42.7 Å². The van der Waals surface area contributed by atoms with Gasteiger partial charge in [-0.15, -0.1) is 0 Å². The number of para-hydroxylation sites is 1. The van der Waals surface area contributed by atoms with Gasteiger partial charge in [-0.25, -0.2) is 8.42 Å². The monoisotopic (exact) mass is 384 g/mol. The van der Waals surface area contributed by atoms with Crippen molar-refractivity contribution in [2.24, 2.45) is 5.92 Å². The minimum absolute atomic E-state index is 0.242. The zero-order valence-corrected chi connectivity index (χ0v) is 17.0. The Bertz CT molecular complexity index is 900. The van der Waals surface area contributed by atoms with Crippen LogP contribution >= 0.6 is 0 Å². The molecule has 0 aliphatic heterocycles. The third-order valence-electron chi connectivity index (χ3n) is 5.43. The van der Waals surface area contributed by atoms with E-state index >= 15 is 0 Å². The fourth-order valence-electron chi connectivity index (χ4n) is 3.91.